The van der Waals surface area contributed by atoms with Crippen LogP contribution >= 0.6 is 0 Å². The van der Waals surface area contributed by atoms with Crippen molar-refractivity contribution in [3.05, 3.63) is 59.9 Å². The zero-order chi connectivity index (χ0) is 17.3. The van der Waals surface area contributed by atoms with E-state index in [1.807, 2.05) is 6.92 Å². The standard InChI is InChI=1S/C17H16N2O4S/c1-3-23-17(20)16-11-14-15(5-4-10-18-14)19(16)24(21,22)13-8-6-12(2)7-9-13/h4-11H,3H2,1-2H3. The molecule has 24 heavy (non-hydrogen) atoms. The second kappa shape index (κ2) is 6.09. The lowest BCUT2D eigenvalue weighted by Crippen LogP contribution is -2.19. The molecule has 3 rings (SSSR count). The van der Waals surface area contributed by atoms with Crippen LogP contribution in [0.4, 0.5) is 0 Å². The molecule has 0 aliphatic heterocycles. The number of aromatic nitrogens is 2. The van der Waals surface area contributed by atoms with Gasteiger partial charge in [0.05, 0.1) is 22.5 Å². The molecule has 6 nitrogen and oxygen atoms in total. The minimum Gasteiger partial charge on any atom is -0.461 e. The van der Waals surface area contributed by atoms with E-state index in [2.05, 4.69) is 4.98 Å². The number of fused-ring (bicyclic) bond motifs is 1. The summed E-state index contributed by atoms with van der Waals surface area (Å²) in [6.45, 7) is 3.69. The molecule has 0 aliphatic rings. The molecule has 3 aromatic rings. The van der Waals surface area contributed by atoms with Crippen LogP contribution in [0.15, 0.2) is 53.6 Å². The lowest BCUT2D eigenvalue weighted by Gasteiger charge is -2.11. The maximum atomic E-state index is 13.1. The van der Waals surface area contributed by atoms with Gasteiger partial charge in [0.1, 0.15) is 5.69 Å². The van der Waals surface area contributed by atoms with Crippen LogP contribution in [0.3, 0.4) is 0 Å². The summed E-state index contributed by atoms with van der Waals surface area (Å²) < 4.78 is 32.1. The van der Waals surface area contributed by atoms with E-state index in [0.29, 0.717) is 11.0 Å². The molecule has 0 saturated carbocycles. The van der Waals surface area contributed by atoms with Gasteiger partial charge in [-0.15, -0.1) is 0 Å². The topological polar surface area (TPSA) is 78.3 Å². The number of ether oxygens (including phenoxy) is 1. The number of carbonyl (C=O) groups excluding carboxylic acids is 1. The van der Waals surface area contributed by atoms with Gasteiger partial charge in [-0.2, -0.15) is 0 Å². The molecule has 0 amide bonds. The highest BCUT2D eigenvalue weighted by atomic mass is 32.2. The predicted octanol–water partition coefficient (Wildman–Crippen LogP) is 2.76. The van der Waals surface area contributed by atoms with Gasteiger partial charge < -0.3 is 4.74 Å². The van der Waals surface area contributed by atoms with Crippen LogP contribution < -0.4 is 0 Å². The zero-order valence-corrected chi connectivity index (χ0v) is 14.1. The van der Waals surface area contributed by atoms with Crippen molar-refractivity contribution in [3.8, 4) is 0 Å². The van der Waals surface area contributed by atoms with Gasteiger partial charge in [0.25, 0.3) is 10.0 Å². The van der Waals surface area contributed by atoms with Gasteiger partial charge in [-0.3, -0.25) is 4.98 Å². The Morgan fingerprint density at radius 2 is 1.92 bits per heavy atom. The zero-order valence-electron chi connectivity index (χ0n) is 13.3. The lowest BCUT2D eigenvalue weighted by molar-refractivity contribution is 0.0518. The summed E-state index contributed by atoms with van der Waals surface area (Å²) in [5.41, 5.74) is 1.63. The number of rotatable bonds is 4. The third-order valence-electron chi connectivity index (χ3n) is 3.57. The first-order chi connectivity index (χ1) is 11.4. The lowest BCUT2D eigenvalue weighted by atomic mass is 10.2. The quantitative estimate of drug-likeness (QED) is 0.680. The number of aryl methyl sites for hydroxylation is 1. The van der Waals surface area contributed by atoms with Crippen LogP contribution in [0.5, 0.6) is 0 Å². The molecule has 0 saturated heterocycles. The van der Waals surface area contributed by atoms with Crippen LogP contribution in [0.1, 0.15) is 23.0 Å². The number of carbonyl (C=O) groups is 1. The van der Waals surface area contributed by atoms with Crippen molar-refractivity contribution in [2.45, 2.75) is 18.7 Å². The minimum atomic E-state index is -3.96. The third-order valence-corrected chi connectivity index (χ3v) is 5.31. The Labute approximate surface area is 139 Å². The van der Waals surface area contributed by atoms with Crippen LogP contribution in [-0.4, -0.2) is 30.0 Å². The highest BCUT2D eigenvalue weighted by Gasteiger charge is 2.27. The van der Waals surface area contributed by atoms with Crippen molar-refractivity contribution in [1.29, 1.82) is 0 Å². The monoisotopic (exact) mass is 344 g/mol. The molecule has 1 aromatic carbocycles. The Kier molecular flexibility index (Phi) is 4.11. The average molecular weight is 344 g/mol. The van der Waals surface area contributed by atoms with Crippen molar-refractivity contribution >= 4 is 27.0 Å². The molecule has 0 bridgehead atoms. The van der Waals surface area contributed by atoms with E-state index in [1.54, 1.807) is 37.4 Å². The molecule has 0 aliphatic carbocycles. The van der Waals surface area contributed by atoms with Crippen molar-refractivity contribution in [2.24, 2.45) is 0 Å². The molecular formula is C17H16N2O4S. The van der Waals surface area contributed by atoms with E-state index in [9.17, 15) is 13.2 Å². The molecule has 0 fully saturated rings. The smallest absolute Gasteiger partial charge is 0.356 e. The second-order valence-electron chi connectivity index (χ2n) is 5.24. The van der Waals surface area contributed by atoms with E-state index in [4.69, 9.17) is 4.74 Å². The van der Waals surface area contributed by atoms with Crippen molar-refractivity contribution < 1.29 is 17.9 Å². The Balaban J connectivity index is 2.29. The summed E-state index contributed by atoms with van der Waals surface area (Å²) >= 11 is 0. The van der Waals surface area contributed by atoms with Gasteiger partial charge in [0, 0.05) is 6.20 Å². The summed E-state index contributed by atoms with van der Waals surface area (Å²) in [6.07, 6.45) is 1.54. The maximum absolute atomic E-state index is 13.1. The summed E-state index contributed by atoms with van der Waals surface area (Å²) in [6, 6.07) is 11.1. The fraction of sp³-hybridized carbons (Fsp3) is 0.176. The van der Waals surface area contributed by atoms with E-state index < -0.39 is 16.0 Å². The number of benzene rings is 1. The van der Waals surface area contributed by atoms with Gasteiger partial charge in [-0.05, 0) is 44.2 Å². The second-order valence-corrected chi connectivity index (χ2v) is 7.03. The average Bonchev–Trinajstić information content (AvgIpc) is 2.96. The highest BCUT2D eigenvalue weighted by molar-refractivity contribution is 7.90. The Bertz CT molecular complexity index is 1000. The van der Waals surface area contributed by atoms with Gasteiger partial charge in [0.15, 0.2) is 0 Å². The van der Waals surface area contributed by atoms with Crippen molar-refractivity contribution in [2.75, 3.05) is 6.61 Å². The van der Waals surface area contributed by atoms with Gasteiger partial charge >= 0.3 is 5.97 Å². The van der Waals surface area contributed by atoms with Crippen LogP contribution in [0, 0.1) is 6.92 Å². The van der Waals surface area contributed by atoms with Gasteiger partial charge in [-0.25, -0.2) is 17.2 Å². The Morgan fingerprint density at radius 3 is 2.58 bits per heavy atom. The molecular weight excluding hydrogens is 328 g/mol. The van der Waals surface area contributed by atoms with Crippen molar-refractivity contribution in [3.63, 3.8) is 0 Å². The molecule has 0 N–H and O–H groups in total. The maximum Gasteiger partial charge on any atom is 0.356 e. The number of pyridine rings is 1. The largest absolute Gasteiger partial charge is 0.461 e. The number of hydrogen-bond donors (Lipinski definition) is 0. The third kappa shape index (κ3) is 2.67. The first kappa shape index (κ1) is 16.2. The number of esters is 1. The van der Waals surface area contributed by atoms with Gasteiger partial charge in [0.2, 0.25) is 0 Å². The molecule has 0 spiro atoms. The fourth-order valence-corrected chi connectivity index (χ4v) is 3.92. The minimum absolute atomic E-state index is 0.0638. The summed E-state index contributed by atoms with van der Waals surface area (Å²) in [5, 5.41) is 0. The SMILES string of the molecule is CCOC(=O)c1cc2ncccc2n1S(=O)(=O)c1ccc(C)cc1. The van der Waals surface area contributed by atoms with Crippen LogP contribution in [0.2, 0.25) is 0 Å². The number of nitrogens with zero attached hydrogens (tertiary/aromatic N) is 2. The van der Waals surface area contributed by atoms with Crippen LogP contribution in [-0.2, 0) is 14.8 Å². The van der Waals surface area contributed by atoms with E-state index in [-0.39, 0.29) is 17.2 Å². The van der Waals surface area contributed by atoms with E-state index >= 15 is 0 Å². The summed E-state index contributed by atoms with van der Waals surface area (Å²) in [4.78, 5) is 16.5. The molecule has 0 radical (unpaired) electrons. The molecule has 7 heteroatoms. The van der Waals surface area contributed by atoms with Gasteiger partial charge in [-0.1, -0.05) is 17.7 Å². The fourth-order valence-electron chi connectivity index (χ4n) is 2.43. The Morgan fingerprint density at radius 1 is 1.21 bits per heavy atom. The molecule has 2 aromatic heterocycles. The first-order valence-corrected chi connectivity index (χ1v) is 8.85. The molecule has 0 atom stereocenters. The Hall–Kier alpha value is -2.67. The summed E-state index contributed by atoms with van der Waals surface area (Å²) in [7, 11) is -3.96. The molecule has 2 heterocycles. The van der Waals surface area contributed by atoms with Crippen molar-refractivity contribution in [1.82, 2.24) is 8.96 Å². The van der Waals surface area contributed by atoms with E-state index in [1.165, 1.54) is 18.2 Å². The van der Waals surface area contributed by atoms with E-state index in [0.717, 1.165) is 9.54 Å². The summed E-state index contributed by atoms with van der Waals surface area (Å²) in [5.74, 6) is -0.703. The molecule has 0 unspecified atom stereocenters. The first-order valence-electron chi connectivity index (χ1n) is 7.41. The number of hydrogen-bond acceptors (Lipinski definition) is 5. The van der Waals surface area contributed by atoms with Crippen LogP contribution in [0.25, 0.3) is 11.0 Å². The normalized spacial score (nSPS) is 11.6. The highest BCUT2D eigenvalue weighted by Crippen LogP contribution is 2.25. The molecule has 124 valence electrons. The predicted molar refractivity (Wildman–Crippen MR) is 89.5 cm³/mol.